The van der Waals surface area contributed by atoms with Crippen LogP contribution in [0.2, 0.25) is 0 Å². The molecule has 0 unspecified atom stereocenters. The summed E-state index contributed by atoms with van der Waals surface area (Å²) < 4.78 is 29.0. The Morgan fingerprint density at radius 2 is 1.75 bits per heavy atom. The molecule has 0 aliphatic heterocycles. The second-order valence-corrected chi connectivity index (χ2v) is 7.05. The molecular formula is C19H21NO3S. The third-order valence-corrected chi connectivity index (χ3v) is 4.75. The van der Waals surface area contributed by atoms with Crippen LogP contribution < -0.4 is 5.73 Å². The molecule has 0 fully saturated rings. The fourth-order valence-electron chi connectivity index (χ4n) is 2.03. The van der Waals surface area contributed by atoms with Crippen LogP contribution in [0.15, 0.2) is 53.4 Å². The molecule has 5 heteroatoms. The van der Waals surface area contributed by atoms with Gasteiger partial charge in [-0.15, -0.1) is 0 Å². The monoisotopic (exact) mass is 343 g/mol. The minimum atomic E-state index is -3.67. The number of benzene rings is 2. The Labute approximate surface area is 143 Å². The number of para-hydroxylation sites is 1. The van der Waals surface area contributed by atoms with Crippen LogP contribution in [0.5, 0.6) is 0 Å². The van der Waals surface area contributed by atoms with Gasteiger partial charge in [-0.1, -0.05) is 41.7 Å². The van der Waals surface area contributed by atoms with Crippen molar-refractivity contribution in [1.82, 2.24) is 0 Å². The van der Waals surface area contributed by atoms with Crippen molar-refractivity contribution < 1.29 is 12.6 Å². The summed E-state index contributed by atoms with van der Waals surface area (Å²) in [5, 5.41) is 0. The highest BCUT2D eigenvalue weighted by Crippen LogP contribution is 2.14. The molecular weight excluding hydrogens is 322 g/mol. The zero-order valence-corrected chi connectivity index (χ0v) is 14.5. The first-order valence-corrected chi connectivity index (χ1v) is 9.19. The lowest BCUT2D eigenvalue weighted by Crippen LogP contribution is -2.07. The molecule has 126 valence electrons. The number of nitrogen functional groups attached to an aromatic ring is 1. The van der Waals surface area contributed by atoms with Gasteiger partial charge in [0.2, 0.25) is 0 Å². The van der Waals surface area contributed by atoms with E-state index in [0.717, 1.165) is 17.5 Å². The standard InChI is InChI=1S/C19H21NO3S/c1-16-11-13-18(14-12-16)24(21,22)23-15-7-3-2-4-8-17-9-5-6-10-19(17)20/h5-6,9-14H,2-3,7,15,20H2,1H3. The Hall–Kier alpha value is -2.29. The molecule has 0 aliphatic carbocycles. The van der Waals surface area contributed by atoms with Gasteiger partial charge in [-0.05, 0) is 44.0 Å². The molecule has 2 aromatic rings. The van der Waals surface area contributed by atoms with Gasteiger partial charge < -0.3 is 5.73 Å². The van der Waals surface area contributed by atoms with Crippen molar-refractivity contribution in [3.8, 4) is 11.8 Å². The van der Waals surface area contributed by atoms with Gasteiger partial charge >= 0.3 is 0 Å². The number of nitrogens with two attached hydrogens (primary N) is 1. The predicted octanol–water partition coefficient (Wildman–Crippen LogP) is 3.50. The minimum Gasteiger partial charge on any atom is -0.398 e. The zero-order chi connectivity index (χ0) is 17.4. The van der Waals surface area contributed by atoms with Crippen LogP contribution in [0.1, 0.15) is 30.4 Å². The summed E-state index contributed by atoms with van der Waals surface area (Å²) in [4.78, 5) is 0.187. The van der Waals surface area contributed by atoms with E-state index < -0.39 is 10.1 Å². The van der Waals surface area contributed by atoms with Crippen LogP contribution >= 0.6 is 0 Å². The van der Waals surface area contributed by atoms with Crippen LogP contribution in [0.25, 0.3) is 0 Å². The average molecular weight is 343 g/mol. The Balaban J connectivity index is 1.74. The predicted molar refractivity (Wildman–Crippen MR) is 95.9 cm³/mol. The molecule has 2 aromatic carbocycles. The maximum Gasteiger partial charge on any atom is 0.296 e. The summed E-state index contributed by atoms with van der Waals surface area (Å²) in [7, 11) is -3.67. The van der Waals surface area contributed by atoms with Gasteiger partial charge in [0.05, 0.1) is 11.5 Å². The average Bonchev–Trinajstić information content (AvgIpc) is 2.56. The van der Waals surface area contributed by atoms with Crippen LogP contribution in [-0.4, -0.2) is 15.0 Å². The Morgan fingerprint density at radius 1 is 1.04 bits per heavy atom. The number of rotatable bonds is 6. The third-order valence-electron chi connectivity index (χ3n) is 3.43. The van der Waals surface area contributed by atoms with Crippen molar-refractivity contribution in [3.63, 3.8) is 0 Å². The van der Waals surface area contributed by atoms with Gasteiger partial charge in [0, 0.05) is 17.7 Å². The smallest absolute Gasteiger partial charge is 0.296 e. The largest absolute Gasteiger partial charge is 0.398 e. The summed E-state index contributed by atoms with van der Waals surface area (Å²) in [6.45, 7) is 2.06. The van der Waals surface area contributed by atoms with E-state index in [0.29, 0.717) is 18.5 Å². The van der Waals surface area contributed by atoms with E-state index in [4.69, 9.17) is 9.92 Å². The second kappa shape index (κ2) is 8.53. The first-order chi connectivity index (χ1) is 11.5. The normalized spacial score (nSPS) is 10.9. The maximum atomic E-state index is 12.0. The van der Waals surface area contributed by atoms with Crippen LogP contribution in [-0.2, 0) is 14.3 Å². The fourth-order valence-corrected chi connectivity index (χ4v) is 2.97. The molecule has 0 atom stereocenters. The number of anilines is 1. The van der Waals surface area contributed by atoms with E-state index in [9.17, 15) is 8.42 Å². The zero-order valence-electron chi connectivity index (χ0n) is 13.7. The number of aryl methyl sites for hydroxylation is 1. The molecule has 24 heavy (non-hydrogen) atoms. The van der Waals surface area contributed by atoms with Crippen molar-refractivity contribution in [2.75, 3.05) is 12.3 Å². The van der Waals surface area contributed by atoms with Gasteiger partial charge in [-0.3, -0.25) is 4.18 Å². The van der Waals surface area contributed by atoms with Crippen molar-refractivity contribution >= 4 is 15.8 Å². The van der Waals surface area contributed by atoms with Crippen LogP contribution in [0, 0.1) is 18.8 Å². The molecule has 0 spiro atoms. The lowest BCUT2D eigenvalue weighted by molar-refractivity contribution is 0.309. The van der Waals surface area contributed by atoms with E-state index in [-0.39, 0.29) is 11.5 Å². The summed E-state index contributed by atoms with van der Waals surface area (Å²) in [5.41, 5.74) is 8.29. The summed E-state index contributed by atoms with van der Waals surface area (Å²) in [6, 6.07) is 14.1. The molecule has 4 nitrogen and oxygen atoms in total. The first-order valence-electron chi connectivity index (χ1n) is 7.78. The third kappa shape index (κ3) is 5.41. The number of hydrogen-bond donors (Lipinski definition) is 1. The van der Waals surface area contributed by atoms with Gasteiger partial charge in [0.1, 0.15) is 0 Å². The van der Waals surface area contributed by atoms with Gasteiger partial charge in [-0.25, -0.2) is 0 Å². The first kappa shape index (κ1) is 18.1. The van der Waals surface area contributed by atoms with Crippen LogP contribution in [0.4, 0.5) is 5.69 Å². The number of unbranched alkanes of at least 4 members (excludes halogenated alkanes) is 2. The Bertz CT molecular complexity index is 831. The van der Waals surface area contributed by atoms with E-state index in [1.165, 1.54) is 0 Å². The topological polar surface area (TPSA) is 69.4 Å². The van der Waals surface area contributed by atoms with Crippen molar-refractivity contribution in [3.05, 3.63) is 59.7 Å². The molecule has 0 radical (unpaired) electrons. The second-order valence-electron chi connectivity index (χ2n) is 5.44. The molecule has 2 N–H and O–H groups in total. The SMILES string of the molecule is Cc1ccc(S(=O)(=O)OCCCCC#Cc2ccccc2N)cc1. The number of hydrogen-bond acceptors (Lipinski definition) is 4. The summed E-state index contributed by atoms with van der Waals surface area (Å²) >= 11 is 0. The van der Waals surface area contributed by atoms with Gasteiger partial charge in [-0.2, -0.15) is 8.42 Å². The lowest BCUT2D eigenvalue weighted by Gasteiger charge is -2.05. The molecule has 0 aromatic heterocycles. The van der Waals surface area contributed by atoms with E-state index in [1.807, 2.05) is 31.2 Å². The quantitative estimate of drug-likeness (QED) is 0.377. The van der Waals surface area contributed by atoms with E-state index in [2.05, 4.69) is 11.8 Å². The molecule has 0 aliphatic rings. The highest BCUT2D eigenvalue weighted by atomic mass is 32.2. The van der Waals surface area contributed by atoms with E-state index >= 15 is 0 Å². The summed E-state index contributed by atoms with van der Waals surface area (Å²) in [6.07, 6.45) is 2.06. The lowest BCUT2D eigenvalue weighted by atomic mass is 10.1. The highest BCUT2D eigenvalue weighted by Gasteiger charge is 2.13. The highest BCUT2D eigenvalue weighted by molar-refractivity contribution is 7.86. The molecule has 0 heterocycles. The molecule has 2 rings (SSSR count). The van der Waals surface area contributed by atoms with E-state index in [1.54, 1.807) is 24.3 Å². The van der Waals surface area contributed by atoms with Crippen molar-refractivity contribution in [1.29, 1.82) is 0 Å². The maximum absolute atomic E-state index is 12.0. The van der Waals surface area contributed by atoms with Gasteiger partial charge in [0.25, 0.3) is 10.1 Å². The molecule has 0 bridgehead atoms. The molecule has 0 saturated heterocycles. The van der Waals surface area contributed by atoms with Crippen molar-refractivity contribution in [2.45, 2.75) is 31.1 Å². The van der Waals surface area contributed by atoms with Gasteiger partial charge in [0.15, 0.2) is 0 Å². The van der Waals surface area contributed by atoms with Crippen LogP contribution in [0.3, 0.4) is 0 Å². The minimum absolute atomic E-state index is 0.158. The Kier molecular flexibility index (Phi) is 6.42. The fraction of sp³-hybridized carbons (Fsp3) is 0.263. The molecule has 0 amide bonds. The Morgan fingerprint density at radius 3 is 2.46 bits per heavy atom. The summed E-state index contributed by atoms with van der Waals surface area (Å²) in [5.74, 6) is 6.06. The molecule has 0 saturated carbocycles. The van der Waals surface area contributed by atoms with Crippen molar-refractivity contribution in [2.24, 2.45) is 0 Å².